The van der Waals surface area contributed by atoms with E-state index in [1.165, 1.54) is 6.92 Å². The highest BCUT2D eigenvalue weighted by Gasteiger charge is 2.12. The Morgan fingerprint density at radius 3 is 2.11 bits per heavy atom. The number of benzene rings is 2. The Morgan fingerprint density at radius 1 is 1.04 bits per heavy atom. The van der Waals surface area contributed by atoms with Gasteiger partial charge in [-0.3, -0.25) is 4.79 Å². The molecule has 0 heterocycles. The number of hydrogen-bond acceptors (Lipinski definition) is 4. The zero-order chi connectivity index (χ0) is 19.9. The van der Waals surface area contributed by atoms with Crippen LogP contribution in [0.15, 0.2) is 48.5 Å². The van der Waals surface area contributed by atoms with Gasteiger partial charge in [-0.15, -0.1) is 0 Å². The zero-order valence-electron chi connectivity index (χ0n) is 15.9. The molecule has 2 aromatic carbocycles. The van der Waals surface area contributed by atoms with Gasteiger partial charge in [-0.05, 0) is 48.7 Å². The van der Waals surface area contributed by atoms with Gasteiger partial charge in [0.25, 0.3) is 0 Å². The number of hydrogen-bond donors (Lipinski definition) is 2. The molecule has 7 heteroatoms. The monoisotopic (exact) mass is 390 g/mol. The fourth-order valence-corrected chi connectivity index (χ4v) is 3.70. The summed E-state index contributed by atoms with van der Waals surface area (Å²) >= 11 is 0. The molecule has 0 fully saturated rings. The molecule has 0 saturated heterocycles. The molecule has 2 aromatic rings. The number of rotatable bonds is 9. The molecule has 0 spiro atoms. The summed E-state index contributed by atoms with van der Waals surface area (Å²) in [6.45, 7) is 5.36. The highest BCUT2D eigenvalue weighted by atomic mass is 32.2. The third-order valence-electron chi connectivity index (χ3n) is 3.79. The van der Waals surface area contributed by atoms with Crippen LogP contribution in [0.1, 0.15) is 27.2 Å². The van der Waals surface area contributed by atoms with Gasteiger partial charge < -0.3 is 10.1 Å². The van der Waals surface area contributed by atoms with Gasteiger partial charge in [0.1, 0.15) is 11.9 Å². The zero-order valence-corrected chi connectivity index (χ0v) is 16.7. The van der Waals surface area contributed by atoms with Crippen LogP contribution >= 0.6 is 0 Å². The molecule has 0 radical (unpaired) electrons. The van der Waals surface area contributed by atoms with Crippen molar-refractivity contribution in [2.75, 3.05) is 17.6 Å². The standard InChI is InChI=1S/C20H26N2O4S/c1-4-13-27(24,25)21-14-15(2)26-20-11-7-18(8-12-20)17-5-9-19(10-6-17)22-16(3)23/h5-12,15,21H,4,13-14H2,1-3H3,(H,22,23). The van der Waals surface area contributed by atoms with Crippen molar-refractivity contribution in [2.24, 2.45) is 0 Å². The maximum Gasteiger partial charge on any atom is 0.221 e. The van der Waals surface area contributed by atoms with Crippen LogP contribution in [0.5, 0.6) is 5.75 Å². The average Bonchev–Trinajstić information content (AvgIpc) is 2.61. The third-order valence-corrected chi connectivity index (χ3v) is 5.35. The van der Waals surface area contributed by atoms with Crippen molar-refractivity contribution in [1.82, 2.24) is 4.72 Å². The van der Waals surface area contributed by atoms with Gasteiger partial charge in [-0.25, -0.2) is 13.1 Å². The van der Waals surface area contributed by atoms with E-state index < -0.39 is 10.0 Å². The van der Waals surface area contributed by atoms with Crippen molar-refractivity contribution in [1.29, 1.82) is 0 Å². The quantitative estimate of drug-likeness (QED) is 0.687. The van der Waals surface area contributed by atoms with Crippen LogP contribution < -0.4 is 14.8 Å². The predicted octanol–water partition coefficient (Wildman–Crippen LogP) is 3.41. The summed E-state index contributed by atoms with van der Waals surface area (Å²) in [5, 5.41) is 2.74. The Balaban J connectivity index is 1.93. The number of nitrogens with one attached hydrogen (secondary N) is 2. The van der Waals surface area contributed by atoms with Crippen LogP contribution in [-0.4, -0.2) is 32.7 Å². The lowest BCUT2D eigenvalue weighted by atomic mass is 10.1. The second-order valence-corrected chi connectivity index (χ2v) is 8.31. The van der Waals surface area contributed by atoms with E-state index in [-0.39, 0.29) is 24.3 Å². The van der Waals surface area contributed by atoms with Crippen LogP contribution in [-0.2, 0) is 14.8 Å². The lowest BCUT2D eigenvalue weighted by Crippen LogP contribution is -2.34. The molecule has 0 aliphatic carbocycles. The van der Waals surface area contributed by atoms with Crippen LogP contribution in [0.4, 0.5) is 5.69 Å². The minimum atomic E-state index is -3.23. The second kappa shape index (κ2) is 9.53. The summed E-state index contributed by atoms with van der Waals surface area (Å²) in [6.07, 6.45) is 0.303. The summed E-state index contributed by atoms with van der Waals surface area (Å²) in [5.41, 5.74) is 2.80. The normalized spacial score (nSPS) is 12.4. The van der Waals surface area contributed by atoms with Crippen LogP contribution in [0.25, 0.3) is 11.1 Å². The molecule has 2 rings (SSSR count). The minimum absolute atomic E-state index is 0.102. The maximum atomic E-state index is 11.7. The Kier molecular flexibility index (Phi) is 7.38. The molecule has 1 amide bonds. The first kappa shape index (κ1) is 20.9. The summed E-state index contributed by atoms with van der Waals surface area (Å²) in [6, 6.07) is 15.2. The van der Waals surface area contributed by atoms with Gasteiger partial charge in [0.05, 0.1) is 5.75 Å². The molecular weight excluding hydrogens is 364 g/mol. The van der Waals surface area contributed by atoms with E-state index in [2.05, 4.69) is 10.0 Å². The highest BCUT2D eigenvalue weighted by Crippen LogP contribution is 2.24. The molecule has 27 heavy (non-hydrogen) atoms. The Labute approximate surface area is 161 Å². The molecule has 0 bridgehead atoms. The summed E-state index contributed by atoms with van der Waals surface area (Å²) in [4.78, 5) is 11.1. The van der Waals surface area contributed by atoms with Gasteiger partial charge in [0.15, 0.2) is 0 Å². The molecule has 1 atom stereocenters. The second-order valence-electron chi connectivity index (χ2n) is 6.38. The number of amides is 1. The number of ether oxygens (including phenoxy) is 1. The van der Waals surface area contributed by atoms with Crippen LogP contribution in [0, 0.1) is 0 Å². The summed E-state index contributed by atoms with van der Waals surface area (Å²) < 4.78 is 31.7. The molecule has 146 valence electrons. The topological polar surface area (TPSA) is 84.5 Å². The van der Waals surface area contributed by atoms with Crippen LogP contribution in [0.3, 0.4) is 0 Å². The fraction of sp³-hybridized carbons (Fsp3) is 0.350. The minimum Gasteiger partial charge on any atom is -0.489 e. The number of carbonyl (C=O) groups is 1. The molecule has 0 aliphatic rings. The predicted molar refractivity (Wildman–Crippen MR) is 108 cm³/mol. The molecule has 0 aliphatic heterocycles. The van der Waals surface area contributed by atoms with Gasteiger partial charge in [-0.1, -0.05) is 31.2 Å². The van der Waals surface area contributed by atoms with E-state index in [4.69, 9.17) is 4.74 Å². The summed E-state index contributed by atoms with van der Waals surface area (Å²) in [7, 11) is -3.23. The lowest BCUT2D eigenvalue weighted by Gasteiger charge is -2.16. The van der Waals surface area contributed by atoms with Gasteiger partial charge in [0.2, 0.25) is 15.9 Å². The number of carbonyl (C=O) groups excluding carboxylic acids is 1. The SMILES string of the molecule is CCCS(=O)(=O)NCC(C)Oc1ccc(-c2ccc(NC(C)=O)cc2)cc1. The van der Waals surface area contributed by atoms with Crippen molar-refractivity contribution in [3.63, 3.8) is 0 Å². The van der Waals surface area contributed by atoms with E-state index >= 15 is 0 Å². The first-order valence-corrected chi connectivity index (χ1v) is 10.6. The first-order valence-electron chi connectivity index (χ1n) is 8.91. The molecule has 0 aromatic heterocycles. The van der Waals surface area contributed by atoms with Gasteiger partial charge >= 0.3 is 0 Å². The van der Waals surface area contributed by atoms with Crippen molar-refractivity contribution < 1.29 is 17.9 Å². The molecule has 1 unspecified atom stereocenters. The van der Waals surface area contributed by atoms with Crippen molar-refractivity contribution in [2.45, 2.75) is 33.3 Å². The molecular formula is C20H26N2O4S. The van der Waals surface area contributed by atoms with Crippen molar-refractivity contribution >= 4 is 21.6 Å². The number of anilines is 1. The Bertz CT molecular complexity index is 847. The lowest BCUT2D eigenvalue weighted by molar-refractivity contribution is -0.114. The average molecular weight is 391 g/mol. The van der Waals surface area contributed by atoms with E-state index in [0.717, 1.165) is 16.8 Å². The Hall–Kier alpha value is -2.38. The van der Waals surface area contributed by atoms with Crippen LogP contribution in [0.2, 0.25) is 0 Å². The fourth-order valence-electron chi connectivity index (χ4n) is 2.53. The summed E-state index contributed by atoms with van der Waals surface area (Å²) in [5.74, 6) is 0.695. The van der Waals surface area contributed by atoms with E-state index in [1.54, 1.807) is 0 Å². The van der Waals surface area contributed by atoms with E-state index in [9.17, 15) is 13.2 Å². The molecule has 6 nitrogen and oxygen atoms in total. The van der Waals surface area contributed by atoms with E-state index in [1.807, 2.05) is 62.4 Å². The van der Waals surface area contributed by atoms with Gasteiger partial charge in [-0.2, -0.15) is 0 Å². The van der Waals surface area contributed by atoms with E-state index in [0.29, 0.717) is 12.2 Å². The Morgan fingerprint density at radius 2 is 1.59 bits per heavy atom. The molecule has 2 N–H and O–H groups in total. The third kappa shape index (κ3) is 7.03. The van der Waals surface area contributed by atoms with Crippen molar-refractivity contribution in [3.8, 4) is 16.9 Å². The largest absolute Gasteiger partial charge is 0.489 e. The smallest absolute Gasteiger partial charge is 0.221 e. The van der Waals surface area contributed by atoms with Gasteiger partial charge in [0, 0.05) is 19.2 Å². The maximum absolute atomic E-state index is 11.7. The highest BCUT2D eigenvalue weighted by molar-refractivity contribution is 7.89. The first-order chi connectivity index (χ1) is 12.8. The van der Waals surface area contributed by atoms with Crippen molar-refractivity contribution in [3.05, 3.63) is 48.5 Å². The molecule has 0 saturated carbocycles. The number of sulfonamides is 1.